The molecule has 0 aromatic carbocycles. The van der Waals surface area contributed by atoms with E-state index < -0.39 is 0 Å². The average molecular weight is 236 g/mol. The second kappa shape index (κ2) is 5.19. The minimum Gasteiger partial charge on any atom is -0.275 e. The molecule has 1 saturated carbocycles. The Morgan fingerprint density at radius 3 is 2.71 bits per heavy atom. The van der Waals surface area contributed by atoms with Crippen molar-refractivity contribution in [3.05, 3.63) is 18.0 Å². The van der Waals surface area contributed by atoms with Gasteiger partial charge in [0.1, 0.15) is 0 Å². The van der Waals surface area contributed by atoms with Crippen LogP contribution in [-0.4, -0.2) is 9.78 Å². The maximum absolute atomic E-state index is 5.74. The van der Waals surface area contributed by atoms with Crippen LogP contribution < -0.4 is 11.3 Å². The number of rotatable bonds is 3. The van der Waals surface area contributed by atoms with Gasteiger partial charge < -0.3 is 0 Å². The number of nitrogens with one attached hydrogen (secondary N) is 1. The topological polar surface area (TPSA) is 55.9 Å². The van der Waals surface area contributed by atoms with E-state index >= 15 is 0 Å². The van der Waals surface area contributed by atoms with Gasteiger partial charge in [-0.15, -0.1) is 0 Å². The molecule has 4 heteroatoms. The molecule has 96 valence electrons. The van der Waals surface area contributed by atoms with Gasteiger partial charge in [-0.3, -0.25) is 16.0 Å². The van der Waals surface area contributed by atoms with Crippen molar-refractivity contribution in [2.75, 3.05) is 0 Å². The fourth-order valence-corrected chi connectivity index (χ4v) is 3.00. The molecule has 1 aliphatic carbocycles. The molecule has 4 nitrogen and oxygen atoms in total. The van der Waals surface area contributed by atoms with Crippen LogP contribution in [0.25, 0.3) is 0 Å². The zero-order valence-corrected chi connectivity index (χ0v) is 11.1. The molecule has 3 N–H and O–H groups in total. The molecule has 1 fully saturated rings. The van der Waals surface area contributed by atoms with Crippen molar-refractivity contribution in [3.8, 4) is 0 Å². The molecule has 2 rings (SSSR count). The molecule has 4 unspecified atom stereocenters. The quantitative estimate of drug-likeness (QED) is 0.623. The smallest absolute Gasteiger partial charge is 0.0538 e. The lowest BCUT2D eigenvalue weighted by Gasteiger charge is -2.36. The van der Waals surface area contributed by atoms with E-state index in [0.717, 1.165) is 11.8 Å². The van der Waals surface area contributed by atoms with Gasteiger partial charge in [0.25, 0.3) is 0 Å². The van der Waals surface area contributed by atoms with Gasteiger partial charge in [0.05, 0.1) is 12.2 Å². The molecule has 0 radical (unpaired) electrons. The Labute approximate surface area is 104 Å². The molecule has 0 saturated heterocycles. The third kappa shape index (κ3) is 2.69. The second-order valence-electron chi connectivity index (χ2n) is 5.62. The van der Waals surface area contributed by atoms with Gasteiger partial charge in [-0.25, -0.2) is 0 Å². The molecule has 1 aromatic rings. The number of nitrogens with zero attached hydrogens (tertiary/aromatic N) is 2. The molecule has 1 aromatic heterocycles. The highest BCUT2D eigenvalue weighted by Crippen LogP contribution is 2.39. The van der Waals surface area contributed by atoms with E-state index in [2.05, 4.69) is 30.6 Å². The van der Waals surface area contributed by atoms with Crippen molar-refractivity contribution in [3.63, 3.8) is 0 Å². The van der Waals surface area contributed by atoms with Crippen molar-refractivity contribution in [1.82, 2.24) is 15.2 Å². The van der Waals surface area contributed by atoms with Crippen LogP contribution in [-0.2, 0) is 7.05 Å². The molecule has 0 bridgehead atoms. The lowest BCUT2D eigenvalue weighted by Crippen LogP contribution is -2.36. The highest BCUT2D eigenvalue weighted by molar-refractivity contribution is 5.11. The lowest BCUT2D eigenvalue weighted by atomic mass is 9.72. The molecule has 17 heavy (non-hydrogen) atoms. The third-order valence-corrected chi connectivity index (χ3v) is 4.37. The minimum atomic E-state index is 0.249. The fourth-order valence-electron chi connectivity index (χ4n) is 3.00. The first-order valence-electron chi connectivity index (χ1n) is 6.56. The summed E-state index contributed by atoms with van der Waals surface area (Å²) in [7, 11) is 1.95. The highest BCUT2D eigenvalue weighted by Gasteiger charge is 2.30. The normalized spacial score (nSPS) is 31.4. The first-order valence-corrected chi connectivity index (χ1v) is 6.56. The predicted molar refractivity (Wildman–Crippen MR) is 68.9 cm³/mol. The molecular formula is C13H24N4. The van der Waals surface area contributed by atoms with Gasteiger partial charge in [-0.2, -0.15) is 5.10 Å². The van der Waals surface area contributed by atoms with E-state index in [9.17, 15) is 0 Å². The van der Waals surface area contributed by atoms with Crippen molar-refractivity contribution < 1.29 is 0 Å². The summed E-state index contributed by atoms with van der Waals surface area (Å²) in [5, 5.41) is 4.24. The van der Waals surface area contributed by atoms with Crippen LogP contribution in [0.2, 0.25) is 0 Å². The standard InChI is InChI=1S/C13H24N4/c1-9-4-5-11(6-10(9)2)13(16-14)12-7-15-17(3)8-12/h7-11,13,16H,4-6,14H2,1-3H3. The Morgan fingerprint density at radius 1 is 1.41 bits per heavy atom. The Morgan fingerprint density at radius 2 is 2.18 bits per heavy atom. The number of hydrogen-bond donors (Lipinski definition) is 2. The summed E-state index contributed by atoms with van der Waals surface area (Å²) in [5.74, 6) is 8.01. The molecule has 0 amide bonds. The number of nitrogens with two attached hydrogens (primary N) is 1. The molecular weight excluding hydrogens is 212 g/mol. The van der Waals surface area contributed by atoms with Gasteiger partial charge >= 0.3 is 0 Å². The van der Waals surface area contributed by atoms with Crippen molar-refractivity contribution >= 4 is 0 Å². The minimum absolute atomic E-state index is 0.249. The molecule has 0 spiro atoms. The van der Waals surface area contributed by atoms with Gasteiger partial charge in [0.15, 0.2) is 0 Å². The second-order valence-corrected chi connectivity index (χ2v) is 5.62. The Balaban J connectivity index is 2.08. The highest BCUT2D eigenvalue weighted by atomic mass is 15.3. The van der Waals surface area contributed by atoms with Crippen LogP contribution in [0.15, 0.2) is 12.4 Å². The molecule has 0 aliphatic heterocycles. The number of hydrogen-bond acceptors (Lipinski definition) is 3. The van der Waals surface area contributed by atoms with Crippen LogP contribution in [0.1, 0.15) is 44.7 Å². The van der Waals surface area contributed by atoms with E-state index in [1.807, 2.05) is 17.9 Å². The van der Waals surface area contributed by atoms with Gasteiger partial charge in [-0.1, -0.05) is 20.3 Å². The van der Waals surface area contributed by atoms with Crippen molar-refractivity contribution in [2.24, 2.45) is 30.6 Å². The van der Waals surface area contributed by atoms with E-state index in [1.54, 1.807) is 0 Å². The predicted octanol–water partition coefficient (Wildman–Crippen LogP) is 2.00. The summed E-state index contributed by atoms with van der Waals surface area (Å²) in [6.07, 6.45) is 7.81. The van der Waals surface area contributed by atoms with Gasteiger partial charge in [0.2, 0.25) is 0 Å². The van der Waals surface area contributed by atoms with Crippen LogP contribution in [0.4, 0.5) is 0 Å². The Hall–Kier alpha value is -0.870. The lowest BCUT2D eigenvalue weighted by molar-refractivity contribution is 0.171. The van der Waals surface area contributed by atoms with E-state index in [0.29, 0.717) is 5.92 Å². The summed E-state index contributed by atoms with van der Waals surface area (Å²) in [6.45, 7) is 4.71. The number of hydrazine groups is 1. The van der Waals surface area contributed by atoms with Crippen molar-refractivity contribution in [1.29, 1.82) is 0 Å². The van der Waals surface area contributed by atoms with Crippen LogP contribution in [0, 0.1) is 17.8 Å². The monoisotopic (exact) mass is 236 g/mol. The van der Waals surface area contributed by atoms with E-state index in [-0.39, 0.29) is 6.04 Å². The van der Waals surface area contributed by atoms with Crippen LogP contribution in [0.5, 0.6) is 0 Å². The largest absolute Gasteiger partial charge is 0.275 e. The SMILES string of the molecule is CC1CCC(C(NN)c2cnn(C)c2)CC1C. The number of aryl methyl sites for hydroxylation is 1. The Kier molecular flexibility index (Phi) is 3.84. The summed E-state index contributed by atoms with van der Waals surface area (Å²) in [6, 6.07) is 0.249. The summed E-state index contributed by atoms with van der Waals surface area (Å²) < 4.78 is 1.84. The van der Waals surface area contributed by atoms with Gasteiger partial charge in [0, 0.05) is 18.8 Å². The van der Waals surface area contributed by atoms with Gasteiger partial charge in [-0.05, 0) is 30.6 Å². The summed E-state index contributed by atoms with van der Waals surface area (Å²) in [5.41, 5.74) is 4.19. The zero-order chi connectivity index (χ0) is 12.4. The summed E-state index contributed by atoms with van der Waals surface area (Å²) in [4.78, 5) is 0. The number of aromatic nitrogens is 2. The first kappa shape index (κ1) is 12.6. The fraction of sp³-hybridized carbons (Fsp3) is 0.769. The maximum Gasteiger partial charge on any atom is 0.0538 e. The third-order valence-electron chi connectivity index (χ3n) is 4.37. The zero-order valence-electron chi connectivity index (χ0n) is 11.1. The molecule has 1 heterocycles. The maximum atomic E-state index is 5.74. The van der Waals surface area contributed by atoms with Crippen molar-refractivity contribution in [2.45, 2.75) is 39.2 Å². The first-order chi connectivity index (χ1) is 8.11. The van der Waals surface area contributed by atoms with E-state index in [1.165, 1.54) is 24.8 Å². The molecule has 1 aliphatic rings. The van der Waals surface area contributed by atoms with Crippen LogP contribution >= 0.6 is 0 Å². The average Bonchev–Trinajstić information content (AvgIpc) is 2.71. The Bertz CT molecular complexity index is 360. The van der Waals surface area contributed by atoms with E-state index in [4.69, 9.17) is 5.84 Å². The summed E-state index contributed by atoms with van der Waals surface area (Å²) >= 11 is 0. The molecule has 4 atom stereocenters. The van der Waals surface area contributed by atoms with Crippen LogP contribution in [0.3, 0.4) is 0 Å².